The molecule has 0 fully saturated rings. The Bertz CT molecular complexity index is 371. The van der Waals surface area contributed by atoms with Gasteiger partial charge in [0.05, 0.1) is 17.7 Å². The maximum Gasteiger partial charge on any atom is 0.100 e. The van der Waals surface area contributed by atoms with E-state index < -0.39 is 12.1 Å². The van der Waals surface area contributed by atoms with E-state index in [2.05, 4.69) is 15.9 Å². The molecule has 1 rings (SSSR count). The Morgan fingerprint density at radius 3 is 2.64 bits per heavy atom. The van der Waals surface area contributed by atoms with Gasteiger partial charge in [0.25, 0.3) is 0 Å². The predicted octanol–water partition coefficient (Wildman–Crippen LogP) is 1.70. The highest BCUT2D eigenvalue weighted by atomic mass is 79.9. The first kappa shape index (κ1) is 11.2. The minimum absolute atomic E-state index is 0.418. The summed E-state index contributed by atoms with van der Waals surface area (Å²) in [6.45, 7) is 1.64. The Kier molecular flexibility index (Phi) is 3.64. The smallest absolute Gasteiger partial charge is 0.100 e. The van der Waals surface area contributed by atoms with Gasteiger partial charge in [-0.3, -0.25) is 0 Å². The van der Waals surface area contributed by atoms with E-state index in [0.717, 1.165) is 5.56 Å². The van der Waals surface area contributed by atoms with E-state index in [-0.39, 0.29) is 0 Å². The second-order valence-electron chi connectivity index (χ2n) is 3.12. The lowest BCUT2D eigenvalue weighted by Crippen LogP contribution is -2.23. The molecule has 0 aliphatic rings. The van der Waals surface area contributed by atoms with Gasteiger partial charge < -0.3 is 10.8 Å². The first-order valence-electron chi connectivity index (χ1n) is 4.19. The molecular weight excluding hydrogens is 244 g/mol. The Hall–Kier alpha value is -0.890. The molecule has 0 amide bonds. The van der Waals surface area contributed by atoms with Crippen molar-refractivity contribution in [3.8, 4) is 6.07 Å². The molecule has 0 radical (unpaired) electrons. The second-order valence-corrected chi connectivity index (χ2v) is 3.97. The summed E-state index contributed by atoms with van der Waals surface area (Å²) in [4.78, 5) is 0. The van der Waals surface area contributed by atoms with Crippen LogP contribution < -0.4 is 5.73 Å². The topological polar surface area (TPSA) is 70.0 Å². The lowest BCUT2D eigenvalue weighted by atomic mass is 10.0. The minimum Gasteiger partial charge on any atom is -0.391 e. The number of nitrogens with two attached hydrogens (primary N) is 1. The fourth-order valence-electron chi connectivity index (χ4n) is 1.11. The van der Waals surface area contributed by atoms with E-state index >= 15 is 0 Å². The molecule has 3 nitrogen and oxygen atoms in total. The zero-order valence-corrected chi connectivity index (χ0v) is 9.32. The van der Waals surface area contributed by atoms with Gasteiger partial charge in [-0.1, -0.05) is 6.07 Å². The molecule has 0 spiro atoms. The van der Waals surface area contributed by atoms with Crippen LogP contribution in [0.3, 0.4) is 0 Å². The SMILES string of the molecule is C[C@H](O)[C@H](N)c1ccc(C#N)c(Br)c1. The summed E-state index contributed by atoms with van der Waals surface area (Å²) in [7, 11) is 0. The largest absolute Gasteiger partial charge is 0.391 e. The van der Waals surface area contributed by atoms with Gasteiger partial charge in [0.2, 0.25) is 0 Å². The van der Waals surface area contributed by atoms with Crippen molar-refractivity contribution in [3.63, 3.8) is 0 Å². The van der Waals surface area contributed by atoms with Crippen LogP contribution in [-0.2, 0) is 0 Å². The average molecular weight is 255 g/mol. The fraction of sp³-hybridized carbons (Fsp3) is 0.300. The van der Waals surface area contributed by atoms with Gasteiger partial charge in [0, 0.05) is 4.47 Å². The van der Waals surface area contributed by atoms with Gasteiger partial charge in [-0.15, -0.1) is 0 Å². The molecule has 0 heterocycles. The number of aliphatic hydroxyl groups is 1. The third kappa shape index (κ3) is 2.32. The van der Waals surface area contributed by atoms with Crippen molar-refractivity contribution in [2.24, 2.45) is 5.73 Å². The molecule has 14 heavy (non-hydrogen) atoms. The number of hydrogen-bond donors (Lipinski definition) is 2. The molecule has 0 bridgehead atoms. The van der Waals surface area contributed by atoms with Gasteiger partial charge in [0.15, 0.2) is 0 Å². The summed E-state index contributed by atoms with van der Waals surface area (Å²) in [6, 6.07) is 6.82. The van der Waals surface area contributed by atoms with E-state index in [1.54, 1.807) is 25.1 Å². The Labute approximate surface area is 91.3 Å². The maximum absolute atomic E-state index is 9.29. The molecule has 0 saturated carbocycles. The predicted molar refractivity (Wildman–Crippen MR) is 57.5 cm³/mol. The Morgan fingerprint density at radius 2 is 2.21 bits per heavy atom. The fourth-order valence-corrected chi connectivity index (χ4v) is 1.59. The summed E-state index contributed by atoms with van der Waals surface area (Å²) in [5.74, 6) is 0. The highest BCUT2D eigenvalue weighted by molar-refractivity contribution is 9.10. The van der Waals surface area contributed by atoms with Crippen molar-refractivity contribution in [1.29, 1.82) is 5.26 Å². The number of benzene rings is 1. The van der Waals surface area contributed by atoms with Gasteiger partial charge in [-0.2, -0.15) is 5.26 Å². The molecule has 74 valence electrons. The quantitative estimate of drug-likeness (QED) is 0.844. The molecule has 2 atom stereocenters. The average Bonchev–Trinajstić information content (AvgIpc) is 2.16. The molecule has 1 aromatic carbocycles. The molecule has 1 aromatic rings. The number of aliphatic hydroxyl groups excluding tert-OH is 1. The van der Waals surface area contributed by atoms with Crippen molar-refractivity contribution in [1.82, 2.24) is 0 Å². The highest BCUT2D eigenvalue weighted by Gasteiger charge is 2.12. The van der Waals surface area contributed by atoms with Crippen LogP contribution in [0, 0.1) is 11.3 Å². The number of rotatable bonds is 2. The van der Waals surface area contributed by atoms with Gasteiger partial charge in [-0.25, -0.2) is 0 Å². The summed E-state index contributed by atoms with van der Waals surface area (Å²) in [5, 5.41) is 18.0. The zero-order valence-electron chi connectivity index (χ0n) is 7.74. The van der Waals surface area contributed by atoms with Crippen LogP contribution in [0.4, 0.5) is 0 Å². The summed E-state index contributed by atoms with van der Waals surface area (Å²) >= 11 is 3.27. The standard InChI is InChI=1S/C10H11BrN2O/c1-6(14)10(13)7-2-3-8(5-12)9(11)4-7/h2-4,6,10,14H,13H2,1H3/t6-,10-/m0/s1. The van der Waals surface area contributed by atoms with Crippen molar-refractivity contribution in [2.45, 2.75) is 19.1 Å². The highest BCUT2D eigenvalue weighted by Crippen LogP contribution is 2.22. The number of nitriles is 1. The lowest BCUT2D eigenvalue weighted by molar-refractivity contribution is 0.164. The van der Waals surface area contributed by atoms with Crippen molar-refractivity contribution >= 4 is 15.9 Å². The van der Waals surface area contributed by atoms with Crippen LogP contribution in [0.25, 0.3) is 0 Å². The Balaban J connectivity index is 3.04. The number of hydrogen-bond acceptors (Lipinski definition) is 3. The van der Waals surface area contributed by atoms with Crippen LogP contribution in [0.2, 0.25) is 0 Å². The van der Waals surface area contributed by atoms with Gasteiger partial charge in [-0.05, 0) is 40.5 Å². The molecular formula is C10H11BrN2O. The summed E-state index contributed by atoms with van der Waals surface area (Å²) in [6.07, 6.45) is -0.602. The third-order valence-corrected chi connectivity index (χ3v) is 2.67. The first-order chi connectivity index (χ1) is 6.56. The van der Waals surface area contributed by atoms with Crippen molar-refractivity contribution in [2.75, 3.05) is 0 Å². The van der Waals surface area contributed by atoms with E-state index in [0.29, 0.717) is 10.0 Å². The second kappa shape index (κ2) is 4.56. The van der Waals surface area contributed by atoms with E-state index in [1.165, 1.54) is 0 Å². The molecule has 3 N–H and O–H groups in total. The van der Waals surface area contributed by atoms with Crippen LogP contribution in [0.15, 0.2) is 22.7 Å². The van der Waals surface area contributed by atoms with E-state index in [4.69, 9.17) is 11.0 Å². The van der Waals surface area contributed by atoms with E-state index in [9.17, 15) is 5.11 Å². The molecule has 0 aromatic heterocycles. The van der Waals surface area contributed by atoms with Crippen molar-refractivity contribution < 1.29 is 5.11 Å². The van der Waals surface area contributed by atoms with Crippen LogP contribution in [-0.4, -0.2) is 11.2 Å². The first-order valence-corrected chi connectivity index (χ1v) is 4.98. The van der Waals surface area contributed by atoms with Crippen molar-refractivity contribution in [3.05, 3.63) is 33.8 Å². The molecule has 0 aliphatic heterocycles. The van der Waals surface area contributed by atoms with Crippen LogP contribution in [0.5, 0.6) is 0 Å². The van der Waals surface area contributed by atoms with Gasteiger partial charge >= 0.3 is 0 Å². The van der Waals surface area contributed by atoms with Gasteiger partial charge in [0.1, 0.15) is 6.07 Å². The van der Waals surface area contributed by atoms with E-state index in [1.807, 2.05) is 6.07 Å². The Morgan fingerprint density at radius 1 is 1.57 bits per heavy atom. The zero-order chi connectivity index (χ0) is 10.7. The molecule has 0 aliphatic carbocycles. The third-order valence-electron chi connectivity index (χ3n) is 2.02. The molecule has 0 unspecified atom stereocenters. The normalized spacial score (nSPS) is 14.5. The molecule has 4 heteroatoms. The van der Waals surface area contributed by atoms with Crippen LogP contribution in [0.1, 0.15) is 24.1 Å². The lowest BCUT2D eigenvalue weighted by Gasteiger charge is -2.15. The number of halogens is 1. The monoisotopic (exact) mass is 254 g/mol. The van der Waals surface area contributed by atoms with Crippen LogP contribution >= 0.6 is 15.9 Å². The minimum atomic E-state index is -0.602. The number of nitrogens with zero attached hydrogens (tertiary/aromatic N) is 1. The maximum atomic E-state index is 9.29. The molecule has 0 saturated heterocycles. The summed E-state index contributed by atoms with van der Waals surface area (Å²) in [5.41, 5.74) is 7.12. The summed E-state index contributed by atoms with van der Waals surface area (Å²) < 4.78 is 0.702.